The molecular weight excluding hydrogens is 234 g/mol. The molecule has 0 fully saturated rings. The lowest BCUT2D eigenvalue weighted by Crippen LogP contribution is -2.35. The van der Waals surface area contributed by atoms with Crippen molar-refractivity contribution in [2.75, 3.05) is 13.2 Å². The summed E-state index contributed by atoms with van der Waals surface area (Å²) in [5.74, 6) is 0. The molecule has 0 heterocycles. The van der Waals surface area contributed by atoms with Gasteiger partial charge in [0.15, 0.2) is 0 Å². The first-order chi connectivity index (χ1) is 9.03. The smallest absolute Gasteiger partial charge is 0.0431 e. The average molecular weight is 263 g/mol. The summed E-state index contributed by atoms with van der Waals surface area (Å²) in [7, 11) is 0. The lowest BCUT2D eigenvalue weighted by molar-refractivity contribution is 0.232. The van der Waals surface area contributed by atoms with Crippen LogP contribution in [0.4, 0.5) is 0 Å². The number of rotatable bonds is 9. The van der Waals surface area contributed by atoms with Crippen LogP contribution in [0.25, 0.3) is 0 Å². The van der Waals surface area contributed by atoms with Gasteiger partial charge in [0, 0.05) is 19.2 Å². The fraction of sp³-hybridized carbons (Fsp3) is 0.647. The molecule has 1 aromatic rings. The van der Waals surface area contributed by atoms with Gasteiger partial charge in [-0.2, -0.15) is 0 Å². The molecule has 0 radical (unpaired) electrons. The van der Waals surface area contributed by atoms with E-state index in [1.54, 1.807) is 0 Å². The predicted molar refractivity (Wildman–Crippen MR) is 82.3 cm³/mol. The maximum absolute atomic E-state index is 8.90. The Morgan fingerprint density at radius 2 is 1.89 bits per heavy atom. The number of aryl methyl sites for hydroxylation is 1. The predicted octanol–water partition coefficient (Wildman–Crippen LogP) is 3.40. The van der Waals surface area contributed by atoms with Crippen LogP contribution in [-0.2, 0) is 6.42 Å². The molecule has 0 bridgehead atoms. The van der Waals surface area contributed by atoms with E-state index in [0.29, 0.717) is 12.6 Å². The maximum Gasteiger partial charge on any atom is 0.0431 e. The van der Waals surface area contributed by atoms with Gasteiger partial charge in [-0.3, -0.25) is 0 Å². The summed E-state index contributed by atoms with van der Waals surface area (Å²) < 4.78 is 0. The Morgan fingerprint density at radius 1 is 1.21 bits per heavy atom. The molecule has 0 aliphatic heterocycles. The van der Waals surface area contributed by atoms with E-state index < -0.39 is 0 Å². The van der Waals surface area contributed by atoms with Crippen molar-refractivity contribution >= 4 is 0 Å². The zero-order valence-electron chi connectivity index (χ0n) is 12.7. The molecule has 1 unspecified atom stereocenters. The van der Waals surface area contributed by atoms with Crippen LogP contribution in [-0.4, -0.2) is 24.3 Å². The van der Waals surface area contributed by atoms with Gasteiger partial charge >= 0.3 is 0 Å². The minimum absolute atomic E-state index is 0.268. The molecule has 0 aromatic heterocycles. The second-order valence-corrected chi connectivity index (χ2v) is 6.30. The van der Waals surface area contributed by atoms with Gasteiger partial charge in [-0.25, -0.2) is 0 Å². The highest BCUT2D eigenvalue weighted by atomic mass is 16.2. The molecule has 0 spiro atoms. The van der Waals surface area contributed by atoms with Crippen LogP contribution in [0.2, 0.25) is 0 Å². The largest absolute Gasteiger partial charge is 0.396 e. The summed E-state index contributed by atoms with van der Waals surface area (Å²) in [6, 6.07) is 11.2. The Balaban J connectivity index is 2.22. The third kappa shape index (κ3) is 7.34. The minimum atomic E-state index is 0.268. The monoisotopic (exact) mass is 263 g/mol. The number of aliphatic hydroxyl groups excluding tert-OH is 1. The van der Waals surface area contributed by atoms with Gasteiger partial charge in [-0.15, -0.1) is 0 Å². The molecule has 1 rings (SSSR count). The Labute approximate surface area is 118 Å². The van der Waals surface area contributed by atoms with Crippen molar-refractivity contribution in [2.45, 2.75) is 52.5 Å². The molecule has 19 heavy (non-hydrogen) atoms. The van der Waals surface area contributed by atoms with Crippen LogP contribution < -0.4 is 5.32 Å². The molecule has 2 nitrogen and oxygen atoms in total. The van der Waals surface area contributed by atoms with Crippen LogP contribution in [0.3, 0.4) is 0 Å². The highest BCUT2D eigenvalue weighted by Crippen LogP contribution is 2.21. The quantitative estimate of drug-likeness (QED) is 0.716. The van der Waals surface area contributed by atoms with E-state index in [4.69, 9.17) is 5.11 Å². The summed E-state index contributed by atoms with van der Waals surface area (Å²) in [6.07, 6.45) is 4.27. The van der Waals surface area contributed by atoms with E-state index in [9.17, 15) is 0 Å². The van der Waals surface area contributed by atoms with Gasteiger partial charge in [0.2, 0.25) is 0 Å². The number of aliphatic hydroxyl groups is 1. The first kappa shape index (κ1) is 16.2. The SMILES string of the molecule is CC(CCc1ccccc1)NCC(C)(C)CCCO. The molecule has 0 saturated carbocycles. The minimum Gasteiger partial charge on any atom is -0.396 e. The molecule has 1 aromatic carbocycles. The number of nitrogens with one attached hydrogen (secondary N) is 1. The van der Waals surface area contributed by atoms with E-state index >= 15 is 0 Å². The maximum atomic E-state index is 8.90. The molecule has 0 aliphatic carbocycles. The van der Waals surface area contributed by atoms with E-state index in [1.165, 1.54) is 12.0 Å². The first-order valence-corrected chi connectivity index (χ1v) is 7.42. The molecule has 0 amide bonds. The van der Waals surface area contributed by atoms with Gasteiger partial charge < -0.3 is 10.4 Å². The van der Waals surface area contributed by atoms with Crippen LogP contribution in [0.15, 0.2) is 30.3 Å². The summed E-state index contributed by atoms with van der Waals surface area (Å²) in [5.41, 5.74) is 1.68. The Hall–Kier alpha value is -0.860. The van der Waals surface area contributed by atoms with Crippen molar-refractivity contribution < 1.29 is 5.11 Å². The van der Waals surface area contributed by atoms with Crippen LogP contribution >= 0.6 is 0 Å². The van der Waals surface area contributed by atoms with Gasteiger partial charge in [-0.05, 0) is 43.6 Å². The first-order valence-electron chi connectivity index (χ1n) is 7.42. The number of hydrogen-bond acceptors (Lipinski definition) is 2. The van der Waals surface area contributed by atoms with Gasteiger partial charge in [0.25, 0.3) is 0 Å². The van der Waals surface area contributed by atoms with Crippen molar-refractivity contribution in [1.82, 2.24) is 5.32 Å². The summed E-state index contributed by atoms with van der Waals surface area (Å²) in [4.78, 5) is 0. The zero-order chi connectivity index (χ0) is 14.1. The zero-order valence-corrected chi connectivity index (χ0v) is 12.7. The highest BCUT2D eigenvalue weighted by Gasteiger charge is 2.17. The molecule has 0 aliphatic rings. The molecule has 0 saturated heterocycles. The van der Waals surface area contributed by atoms with Gasteiger partial charge in [0.05, 0.1) is 0 Å². The summed E-state index contributed by atoms with van der Waals surface area (Å²) >= 11 is 0. The lowest BCUT2D eigenvalue weighted by atomic mass is 9.87. The highest BCUT2D eigenvalue weighted by molar-refractivity contribution is 5.14. The third-order valence-corrected chi connectivity index (χ3v) is 3.65. The van der Waals surface area contributed by atoms with E-state index in [1.807, 2.05) is 0 Å². The topological polar surface area (TPSA) is 32.3 Å². The lowest BCUT2D eigenvalue weighted by Gasteiger charge is -2.27. The van der Waals surface area contributed by atoms with Crippen LogP contribution in [0.1, 0.15) is 45.6 Å². The molecule has 108 valence electrons. The van der Waals surface area contributed by atoms with E-state index in [0.717, 1.165) is 25.8 Å². The fourth-order valence-corrected chi connectivity index (χ4v) is 2.23. The fourth-order valence-electron chi connectivity index (χ4n) is 2.23. The molecule has 2 N–H and O–H groups in total. The van der Waals surface area contributed by atoms with Crippen molar-refractivity contribution in [2.24, 2.45) is 5.41 Å². The average Bonchev–Trinajstić information content (AvgIpc) is 2.42. The summed E-state index contributed by atoms with van der Waals surface area (Å²) in [6.45, 7) is 8.10. The van der Waals surface area contributed by atoms with Crippen molar-refractivity contribution in [1.29, 1.82) is 0 Å². The standard InChI is InChI=1S/C17H29NO/c1-15(10-11-16-8-5-4-6-9-16)18-14-17(2,3)12-7-13-19/h4-6,8-9,15,18-19H,7,10-14H2,1-3H3. The Bertz CT molecular complexity index is 334. The van der Waals surface area contributed by atoms with Crippen LogP contribution in [0, 0.1) is 5.41 Å². The molecule has 2 heteroatoms. The second kappa shape index (κ2) is 8.34. The summed E-state index contributed by atoms with van der Waals surface area (Å²) in [5, 5.41) is 12.5. The van der Waals surface area contributed by atoms with Crippen molar-refractivity contribution in [3.63, 3.8) is 0 Å². The van der Waals surface area contributed by atoms with Crippen LogP contribution in [0.5, 0.6) is 0 Å². The Morgan fingerprint density at radius 3 is 2.53 bits per heavy atom. The van der Waals surface area contributed by atoms with Gasteiger partial charge in [0.1, 0.15) is 0 Å². The third-order valence-electron chi connectivity index (χ3n) is 3.65. The second-order valence-electron chi connectivity index (χ2n) is 6.30. The number of hydrogen-bond donors (Lipinski definition) is 2. The van der Waals surface area contributed by atoms with Crippen molar-refractivity contribution in [3.05, 3.63) is 35.9 Å². The van der Waals surface area contributed by atoms with Gasteiger partial charge in [-0.1, -0.05) is 44.2 Å². The molecular formula is C17H29NO. The van der Waals surface area contributed by atoms with E-state index in [-0.39, 0.29) is 5.41 Å². The number of benzene rings is 1. The molecule has 1 atom stereocenters. The Kier molecular flexibility index (Phi) is 7.11. The van der Waals surface area contributed by atoms with E-state index in [2.05, 4.69) is 56.4 Å². The van der Waals surface area contributed by atoms with Crippen molar-refractivity contribution in [3.8, 4) is 0 Å². The normalized spacial score (nSPS) is 13.5.